The number of pyridine rings is 1. The van der Waals surface area contributed by atoms with Crippen molar-refractivity contribution in [3.05, 3.63) is 52.1 Å². The first-order valence-electron chi connectivity index (χ1n) is 4.73. The van der Waals surface area contributed by atoms with Crippen molar-refractivity contribution in [1.82, 2.24) is 4.98 Å². The van der Waals surface area contributed by atoms with Crippen LogP contribution in [0.15, 0.2) is 36.4 Å². The third-order valence-corrected chi connectivity index (χ3v) is 2.74. The van der Waals surface area contributed by atoms with E-state index >= 15 is 0 Å². The standard InChI is InChI=1S/C12H7Cl2NO2/c13-7-4-5-9(14)8(6-7)10-2-1-3-11(15-10)12(16)17/h1-6H,(H,16,17). The number of carbonyl (C=O) groups is 1. The Bertz CT molecular complexity index is 584. The lowest BCUT2D eigenvalue weighted by atomic mass is 10.1. The number of benzene rings is 1. The van der Waals surface area contributed by atoms with Gasteiger partial charge in [0.15, 0.2) is 0 Å². The van der Waals surface area contributed by atoms with Gasteiger partial charge in [0, 0.05) is 10.6 Å². The van der Waals surface area contributed by atoms with Crippen molar-refractivity contribution in [3.63, 3.8) is 0 Å². The normalized spacial score (nSPS) is 10.2. The Labute approximate surface area is 108 Å². The smallest absolute Gasteiger partial charge is 0.354 e. The molecular weight excluding hydrogens is 261 g/mol. The minimum Gasteiger partial charge on any atom is -0.477 e. The summed E-state index contributed by atoms with van der Waals surface area (Å²) in [7, 11) is 0. The predicted molar refractivity (Wildman–Crippen MR) is 66.7 cm³/mol. The first-order valence-corrected chi connectivity index (χ1v) is 5.49. The number of carboxylic acids is 1. The van der Waals surface area contributed by atoms with Crippen molar-refractivity contribution < 1.29 is 9.90 Å². The van der Waals surface area contributed by atoms with Crippen LogP contribution in [-0.4, -0.2) is 16.1 Å². The quantitative estimate of drug-likeness (QED) is 0.902. The SMILES string of the molecule is O=C(O)c1cccc(-c2cc(Cl)ccc2Cl)n1. The van der Waals surface area contributed by atoms with Crippen LogP contribution in [0.4, 0.5) is 0 Å². The van der Waals surface area contributed by atoms with E-state index in [2.05, 4.69) is 4.98 Å². The molecule has 0 aliphatic rings. The second-order valence-electron chi connectivity index (χ2n) is 3.34. The Balaban J connectivity index is 2.56. The maximum Gasteiger partial charge on any atom is 0.354 e. The zero-order valence-corrected chi connectivity index (χ0v) is 10.0. The molecule has 0 aliphatic heterocycles. The van der Waals surface area contributed by atoms with Crippen LogP contribution in [0.3, 0.4) is 0 Å². The molecule has 1 N–H and O–H groups in total. The number of hydrogen-bond acceptors (Lipinski definition) is 2. The minimum atomic E-state index is -1.08. The molecule has 86 valence electrons. The lowest BCUT2D eigenvalue weighted by Crippen LogP contribution is -2.00. The zero-order chi connectivity index (χ0) is 12.4. The Hall–Kier alpha value is -1.58. The van der Waals surface area contributed by atoms with Crippen LogP contribution in [0, 0.1) is 0 Å². The van der Waals surface area contributed by atoms with E-state index in [1.165, 1.54) is 6.07 Å². The summed E-state index contributed by atoms with van der Waals surface area (Å²) in [4.78, 5) is 14.8. The number of aromatic nitrogens is 1. The van der Waals surface area contributed by atoms with Crippen LogP contribution < -0.4 is 0 Å². The number of halogens is 2. The minimum absolute atomic E-state index is 0.0291. The third-order valence-electron chi connectivity index (χ3n) is 2.17. The molecule has 0 saturated carbocycles. The second-order valence-corrected chi connectivity index (χ2v) is 4.18. The van der Waals surface area contributed by atoms with Gasteiger partial charge in [0.25, 0.3) is 0 Å². The number of hydrogen-bond donors (Lipinski definition) is 1. The average molecular weight is 268 g/mol. The monoisotopic (exact) mass is 267 g/mol. The van der Waals surface area contributed by atoms with Crippen LogP contribution >= 0.6 is 23.2 Å². The van der Waals surface area contributed by atoms with E-state index in [-0.39, 0.29) is 5.69 Å². The fourth-order valence-corrected chi connectivity index (χ4v) is 1.78. The molecule has 1 heterocycles. The summed E-state index contributed by atoms with van der Waals surface area (Å²) in [5.74, 6) is -1.08. The summed E-state index contributed by atoms with van der Waals surface area (Å²) in [5, 5.41) is 9.86. The first kappa shape index (κ1) is 11.9. The molecule has 0 bridgehead atoms. The topological polar surface area (TPSA) is 50.2 Å². The summed E-state index contributed by atoms with van der Waals surface area (Å²) < 4.78 is 0. The van der Waals surface area contributed by atoms with Gasteiger partial charge < -0.3 is 5.11 Å². The summed E-state index contributed by atoms with van der Waals surface area (Å²) in [6.07, 6.45) is 0. The van der Waals surface area contributed by atoms with E-state index in [0.29, 0.717) is 21.3 Å². The highest BCUT2D eigenvalue weighted by atomic mass is 35.5. The van der Waals surface area contributed by atoms with Crippen molar-refractivity contribution >= 4 is 29.2 Å². The molecule has 5 heteroatoms. The van der Waals surface area contributed by atoms with Crippen molar-refractivity contribution in [1.29, 1.82) is 0 Å². The van der Waals surface area contributed by atoms with Gasteiger partial charge in [-0.05, 0) is 30.3 Å². The number of aromatic carboxylic acids is 1. The van der Waals surface area contributed by atoms with Crippen molar-refractivity contribution in [3.8, 4) is 11.3 Å². The third kappa shape index (κ3) is 2.57. The van der Waals surface area contributed by atoms with Crippen molar-refractivity contribution in [2.75, 3.05) is 0 Å². The number of nitrogens with zero attached hydrogens (tertiary/aromatic N) is 1. The molecule has 0 saturated heterocycles. The van der Waals surface area contributed by atoms with Crippen LogP contribution in [0.5, 0.6) is 0 Å². The molecule has 1 aromatic heterocycles. The van der Waals surface area contributed by atoms with Gasteiger partial charge in [-0.2, -0.15) is 0 Å². The summed E-state index contributed by atoms with van der Waals surface area (Å²) in [5.41, 5.74) is 1.07. The Morgan fingerprint density at radius 2 is 1.94 bits per heavy atom. The van der Waals surface area contributed by atoms with Crippen molar-refractivity contribution in [2.45, 2.75) is 0 Å². The maximum absolute atomic E-state index is 10.8. The van der Waals surface area contributed by atoms with Crippen LogP contribution in [0.1, 0.15) is 10.5 Å². The fourth-order valence-electron chi connectivity index (χ4n) is 1.40. The molecular formula is C12H7Cl2NO2. The van der Waals surface area contributed by atoms with Gasteiger partial charge in [-0.15, -0.1) is 0 Å². The average Bonchev–Trinajstić information content (AvgIpc) is 2.32. The van der Waals surface area contributed by atoms with Gasteiger partial charge >= 0.3 is 5.97 Å². The molecule has 0 fully saturated rings. The highest BCUT2D eigenvalue weighted by Gasteiger charge is 2.09. The second kappa shape index (κ2) is 4.73. The van der Waals surface area contributed by atoms with Gasteiger partial charge in [-0.1, -0.05) is 29.3 Å². The van der Waals surface area contributed by atoms with Gasteiger partial charge in [-0.3, -0.25) is 0 Å². The van der Waals surface area contributed by atoms with Gasteiger partial charge in [-0.25, -0.2) is 9.78 Å². The Morgan fingerprint density at radius 3 is 2.65 bits per heavy atom. The molecule has 17 heavy (non-hydrogen) atoms. The van der Waals surface area contributed by atoms with Crippen LogP contribution in [0.2, 0.25) is 10.0 Å². The molecule has 1 aromatic carbocycles. The maximum atomic E-state index is 10.8. The van der Waals surface area contributed by atoms with Gasteiger partial charge in [0.05, 0.1) is 10.7 Å². The number of carboxylic acid groups (broad SMARTS) is 1. The van der Waals surface area contributed by atoms with Crippen LogP contribution in [-0.2, 0) is 0 Å². The molecule has 3 nitrogen and oxygen atoms in total. The molecule has 0 spiro atoms. The molecule has 2 rings (SSSR count). The van der Waals surface area contributed by atoms with Crippen molar-refractivity contribution in [2.24, 2.45) is 0 Å². The fraction of sp³-hybridized carbons (Fsp3) is 0. The lowest BCUT2D eigenvalue weighted by Gasteiger charge is -2.05. The predicted octanol–water partition coefficient (Wildman–Crippen LogP) is 3.75. The summed E-state index contributed by atoms with van der Waals surface area (Å²) in [6, 6.07) is 9.68. The lowest BCUT2D eigenvalue weighted by molar-refractivity contribution is 0.0690. The highest BCUT2D eigenvalue weighted by Crippen LogP contribution is 2.29. The number of rotatable bonds is 2. The van der Waals surface area contributed by atoms with E-state index in [0.717, 1.165) is 0 Å². The Kier molecular flexibility index (Phi) is 3.31. The van der Waals surface area contributed by atoms with E-state index in [1.807, 2.05) is 0 Å². The zero-order valence-electron chi connectivity index (χ0n) is 8.52. The van der Waals surface area contributed by atoms with E-state index in [9.17, 15) is 4.79 Å². The summed E-state index contributed by atoms with van der Waals surface area (Å²) >= 11 is 11.9. The highest BCUT2D eigenvalue weighted by molar-refractivity contribution is 6.35. The van der Waals surface area contributed by atoms with Crippen LogP contribution in [0.25, 0.3) is 11.3 Å². The molecule has 2 aromatic rings. The van der Waals surface area contributed by atoms with E-state index in [1.54, 1.807) is 30.3 Å². The van der Waals surface area contributed by atoms with E-state index < -0.39 is 5.97 Å². The first-order chi connectivity index (χ1) is 8.08. The summed E-state index contributed by atoms with van der Waals surface area (Å²) in [6.45, 7) is 0. The molecule has 0 aliphatic carbocycles. The van der Waals surface area contributed by atoms with Gasteiger partial charge in [0.1, 0.15) is 5.69 Å². The molecule has 0 atom stereocenters. The Morgan fingerprint density at radius 1 is 1.18 bits per heavy atom. The largest absolute Gasteiger partial charge is 0.477 e. The molecule has 0 unspecified atom stereocenters. The molecule has 0 radical (unpaired) electrons. The molecule has 0 amide bonds. The van der Waals surface area contributed by atoms with E-state index in [4.69, 9.17) is 28.3 Å². The van der Waals surface area contributed by atoms with Gasteiger partial charge in [0.2, 0.25) is 0 Å².